The molecule has 0 amide bonds. The topological polar surface area (TPSA) is 20.2 Å². The first-order valence-corrected chi connectivity index (χ1v) is 5.80. The van der Waals surface area contributed by atoms with E-state index in [9.17, 15) is 5.11 Å². The highest BCUT2D eigenvalue weighted by Crippen LogP contribution is 2.34. The van der Waals surface area contributed by atoms with Crippen molar-refractivity contribution in [1.82, 2.24) is 0 Å². The number of halogens is 1. The lowest BCUT2D eigenvalue weighted by Gasteiger charge is -2.12. The number of hydrogen-bond donors (Lipinski definition) is 1. The highest BCUT2D eigenvalue weighted by Gasteiger charge is 2.09. The molecule has 0 heterocycles. The predicted octanol–water partition coefficient (Wildman–Crippen LogP) is 4.43. The van der Waals surface area contributed by atoms with Gasteiger partial charge in [0.2, 0.25) is 0 Å². The fourth-order valence-electron chi connectivity index (χ4n) is 1.85. The van der Waals surface area contributed by atoms with Gasteiger partial charge in [-0.1, -0.05) is 41.9 Å². The van der Waals surface area contributed by atoms with Crippen molar-refractivity contribution in [1.29, 1.82) is 0 Å². The van der Waals surface area contributed by atoms with Crippen LogP contribution in [-0.4, -0.2) is 5.11 Å². The third-order valence-corrected chi connectivity index (χ3v) is 3.22. The van der Waals surface area contributed by atoms with E-state index >= 15 is 0 Å². The number of aromatic hydroxyl groups is 1. The summed E-state index contributed by atoms with van der Waals surface area (Å²) >= 11 is 3.56. The molecule has 0 radical (unpaired) electrons. The van der Waals surface area contributed by atoms with Crippen LogP contribution in [0.3, 0.4) is 0 Å². The lowest BCUT2D eigenvalue weighted by molar-refractivity contribution is 0.475. The van der Waals surface area contributed by atoms with Gasteiger partial charge in [0.05, 0.1) is 0 Å². The van der Waals surface area contributed by atoms with Gasteiger partial charge in [-0.2, -0.15) is 0 Å². The van der Waals surface area contributed by atoms with Gasteiger partial charge in [-0.3, -0.25) is 0 Å². The zero-order chi connectivity index (χ0) is 11.0. The fourth-order valence-corrected chi connectivity index (χ4v) is 2.46. The highest BCUT2D eigenvalue weighted by molar-refractivity contribution is 9.10. The Balaban J connectivity index is 2.88. The van der Waals surface area contributed by atoms with Gasteiger partial charge in [0.15, 0.2) is 0 Å². The van der Waals surface area contributed by atoms with Crippen LogP contribution in [0, 0.1) is 0 Å². The number of rotatable bonds is 1. The minimum Gasteiger partial charge on any atom is -0.508 e. The number of fused-ring (bicyclic) bond motifs is 1. The first kappa shape index (κ1) is 10.5. The van der Waals surface area contributed by atoms with Crippen molar-refractivity contribution in [2.24, 2.45) is 0 Å². The zero-order valence-corrected chi connectivity index (χ0v) is 10.4. The smallest absolute Gasteiger partial charge is 0.116 e. The average Bonchev–Trinajstić information content (AvgIpc) is 2.16. The van der Waals surface area contributed by atoms with E-state index in [0.29, 0.717) is 11.7 Å². The van der Waals surface area contributed by atoms with E-state index in [-0.39, 0.29) is 0 Å². The predicted molar refractivity (Wildman–Crippen MR) is 67.4 cm³/mol. The van der Waals surface area contributed by atoms with Gasteiger partial charge < -0.3 is 5.11 Å². The summed E-state index contributed by atoms with van der Waals surface area (Å²) in [6.45, 7) is 4.27. The van der Waals surface area contributed by atoms with E-state index in [1.807, 2.05) is 24.3 Å². The summed E-state index contributed by atoms with van der Waals surface area (Å²) in [6, 6.07) is 9.68. The quantitative estimate of drug-likeness (QED) is 0.808. The molecule has 0 fully saturated rings. The molecule has 2 rings (SSSR count). The monoisotopic (exact) mass is 264 g/mol. The van der Waals surface area contributed by atoms with Gasteiger partial charge in [0.1, 0.15) is 5.75 Å². The Morgan fingerprint density at radius 2 is 1.93 bits per heavy atom. The SMILES string of the molecule is CC(C)c1cc(O)cc2cccc(Br)c12. The lowest BCUT2D eigenvalue weighted by Crippen LogP contribution is -1.90. The van der Waals surface area contributed by atoms with Crippen molar-refractivity contribution in [2.45, 2.75) is 19.8 Å². The average molecular weight is 265 g/mol. The van der Waals surface area contributed by atoms with E-state index in [1.54, 1.807) is 6.07 Å². The molecule has 78 valence electrons. The summed E-state index contributed by atoms with van der Waals surface area (Å²) in [5, 5.41) is 11.9. The molecule has 0 aliphatic rings. The normalized spacial score (nSPS) is 11.2. The van der Waals surface area contributed by atoms with Crippen LogP contribution in [0.15, 0.2) is 34.8 Å². The van der Waals surface area contributed by atoms with E-state index in [0.717, 1.165) is 9.86 Å². The summed E-state index contributed by atoms with van der Waals surface area (Å²) in [7, 11) is 0. The number of phenols is 1. The molecule has 0 unspecified atom stereocenters. The van der Waals surface area contributed by atoms with E-state index in [1.165, 1.54) is 10.9 Å². The molecule has 0 saturated carbocycles. The van der Waals surface area contributed by atoms with Gasteiger partial charge in [-0.25, -0.2) is 0 Å². The molecule has 0 saturated heterocycles. The van der Waals surface area contributed by atoms with Gasteiger partial charge in [0.25, 0.3) is 0 Å². The molecule has 0 bridgehead atoms. The first-order valence-electron chi connectivity index (χ1n) is 5.00. The molecule has 2 heteroatoms. The molecular formula is C13H13BrO. The Bertz CT molecular complexity index is 503. The Hall–Kier alpha value is -1.02. The lowest BCUT2D eigenvalue weighted by atomic mass is 9.96. The molecule has 2 aromatic rings. The Morgan fingerprint density at radius 3 is 2.60 bits per heavy atom. The summed E-state index contributed by atoms with van der Waals surface area (Å²) in [5.74, 6) is 0.739. The van der Waals surface area contributed by atoms with Crippen molar-refractivity contribution < 1.29 is 5.11 Å². The molecular weight excluding hydrogens is 252 g/mol. The number of phenolic OH excluding ortho intramolecular Hbond substituents is 1. The summed E-state index contributed by atoms with van der Waals surface area (Å²) in [4.78, 5) is 0. The van der Waals surface area contributed by atoms with Crippen LogP contribution in [0.2, 0.25) is 0 Å². The number of hydrogen-bond acceptors (Lipinski definition) is 1. The van der Waals surface area contributed by atoms with E-state index in [4.69, 9.17) is 0 Å². The molecule has 15 heavy (non-hydrogen) atoms. The first-order chi connectivity index (χ1) is 7.09. The third kappa shape index (κ3) is 1.86. The summed E-state index contributed by atoms with van der Waals surface area (Å²) in [5.41, 5.74) is 1.18. The standard InChI is InChI=1S/C13H13BrO/c1-8(2)11-7-10(15)6-9-4-3-5-12(14)13(9)11/h3-8,15H,1-2H3. The van der Waals surface area contributed by atoms with Gasteiger partial charge >= 0.3 is 0 Å². The molecule has 0 aliphatic carbocycles. The van der Waals surface area contributed by atoms with Crippen LogP contribution in [0.5, 0.6) is 5.75 Å². The van der Waals surface area contributed by atoms with Crippen LogP contribution in [0.25, 0.3) is 10.8 Å². The van der Waals surface area contributed by atoms with Crippen LogP contribution in [-0.2, 0) is 0 Å². The minimum atomic E-state index is 0.337. The van der Waals surface area contributed by atoms with Gasteiger partial charge in [0, 0.05) is 4.47 Å². The van der Waals surface area contributed by atoms with E-state index < -0.39 is 0 Å². The van der Waals surface area contributed by atoms with Crippen molar-refractivity contribution in [3.05, 3.63) is 40.4 Å². The Kier molecular flexibility index (Phi) is 2.70. The largest absolute Gasteiger partial charge is 0.508 e. The van der Waals surface area contributed by atoms with Crippen LogP contribution in [0.1, 0.15) is 25.3 Å². The molecule has 0 aliphatic heterocycles. The summed E-state index contributed by atoms with van der Waals surface area (Å²) < 4.78 is 1.09. The molecule has 0 aromatic heterocycles. The van der Waals surface area contributed by atoms with Crippen LogP contribution < -0.4 is 0 Å². The van der Waals surface area contributed by atoms with Crippen molar-refractivity contribution in [3.63, 3.8) is 0 Å². The molecule has 0 atom stereocenters. The molecule has 2 aromatic carbocycles. The summed E-state index contributed by atoms with van der Waals surface area (Å²) in [6.07, 6.45) is 0. The van der Waals surface area contributed by atoms with Crippen molar-refractivity contribution in [2.75, 3.05) is 0 Å². The van der Waals surface area contributed by atoms with Gasteiger partial charge in [-0.05, 0) is 40.5 Å². The molecule has 0 spiro atoms. The second-order valence-corrected chi connectivity index (χ2v) is 4.88. The van der Waals surface area contributed by atoms with Crippen molar-refractivity contribution >= 4 is 26.7 Å². The van der Waals surface area contributed by atoms with Crippen molar-refractivity contribution in [3.8, 4) is 5.75 Å². The zero-order valence-electron chi connectivity index (χ0n) is 8.79. The van der Waals surface area contributed by atoms with Crippen LogP contribution >= 0.6 is 15.9 Å². The maximum absolute atomic E-state index is 9.64. The second kappa shape index (κ2) is 3.86. The second-order valence-electron chi connectivity index (χ2n) is 4.03. The maximum atomic E-state index is 9.64. The minimum absolute atomic E-state index is 0.337. The maximum Gasteiger partial charge on any atom is 0.116 e. The number of benzene rings is 2. The van der Waals surface area contributed by atoms with Gasteiger partial charge in [-0.15, -0.1) is 0 Å². The Morgan fingerprint density at radius 1 is 1.20 bits per heavy atom. The van der Waals surface area contributed by atoms with E-state index in [2.05, 4.69) is 29.8 Å². The van der Waals surface area contributed by atoms with Crippen LogP contribution in [0.4, 0.5) is 0 Å². The third-order valence-electron chi connectivity index (χ3n) is 2.56. The Labute approximate surface area is 97.9 Å². The molecule has 1 nitrogen and oxygen atoms in total. The highest BCUT2D eigenvalue weighted by atomic mass is 79.9. The molecule has 1 N–H and O–H groups in total. The fraction of sp³-hybridized carbons (Fsp3) is 0.231.